The zero-order valence-corrected chi connectivity index (χ0v) is 11.9. The lowest BCUT2D eigenvalue weighted by atomic mass is 10.3. The van der Waals surface area contributed by atoms with Crippen molar-refractivity contribution in [3.05, 3.63) is 29.0 Å². The molecule has 1 aromatic rings. The molecule has 0 bridgehead atoms. The molecule has 0 saturated carbocycles. The molecule has 0 aromatic heterocycles. The van der Waals surface area contributed by atoms with Gasteiger partial charge < -0.3 is 10.5 Å². The highest BCUT2D eigenvalue weighted by Crippen LogP contribution is 2.28. The molecule has 0 fully saturated rings. The number of rotatable bonds is 5. The summed E-state index contributed by atoms with van der Waals surface area (Å²) in [4.78, 5) is -0.271. The van der Waals surface area contributed by atoms with E-state index >= 15 is 0 Å². The molecule has 0 amide bonds. The normalized spacial score (nSPS) is 11.3. The molecular weight excluding hydrogens is 327 g/mol. The first-order valence-electron chi connectivity index (χ1n) is 4.74. The van der Waals surface area contributed by atoms with E-state index in [-0.39, 0.29) is 22.9 Å². The summed E-state index contributed by atoms with van der Waals surface area (Å²) in [6.07, 6.45) is 0. The highest BCUT2D eigenvalue weighted by atomic mass is 79.9. The summed E-state index contributed by atoms with van der Waals surface area (Å²) in [5, 5.41) is 0. The van der Waals surface area contributed by atoms with Crippen molar-refractivity contribution in [2.45, 2.75) is 4.90 Å². The largest absolute Gasteiger partial charge is 0.492 e. The van der Waals surface area contributed by atoms with E-state index in [4.69, 9.17) is 10.5 Å². The molecule has 0 atom stereocenters. The van der Waals surface area contributed by atoms with Crippen molar-refractivity contribution in [1.82, 2.24) is 4.72 Å². The van der Waals surface area contributed by atoms with Gasteiger partial charge in [0, 0.05) is 11.0 Å². The monoisotopic (exact) mass is 338 g/mol. The van der Waals surface area contributed by atoms with Gasteiger partial charge in [0.15, 0.2) is 11.6 Å². The minimum atomic E-state index is -3.84. The molecule has 8 heteroatoms. The van der Waals surface area contributed by atoms with Crippen LogP contribution in [0.1, 0.15) is 0 Å². The topological polar surface area (TPSA) is 81.4 Å². The Kier molecular flexibility index (Phi) is 4.71. The summed E-state index contributed by atoms with van der Waals surface area (Å²) in [5.74, 6) is -1.02. The van der Waals surface area contributed by atoms with Gasteiger partial charge in [-0.25, -0.2) is 17.5 Å². The number of nitrogens with two attached hydrogens (primary N) is 1. The van der Waals surface area contributed by atoms with E-state index in [1.54, 1.807) is 0 Å². The second-order valence-electron chi connectivity index (χ2n) is 3.37. The molecule has 100 valence electrons. The molecule has 0 saturated heterocycles. The van der Waals surface area contributed by atoms with Crippen molar-refractivity contribution < 1.29 is 17.5 Å². The van der Waals surface area contributed by atoms with Crippen molar-refractivity contribution in [3.8, 4) is 5.75 Å². The molecule has 1 rings (SSSR count). The van der Waals surface area contributed by atoms with Crippen molar-refractivity contribution in [1.29, 1.82) is 0 Å². The van der Waals surface area contributed by atoms with Crippen molar-refractivity contribution in [2.24, 2.45) is 0 Å². The second-order valence-corrected chi connectivity index (χ2v) is 6.26. The molecule has 0 heterocycles. The highest BCUT2D eigenvalue weighted by Gasteiger charge is 2.18. The first kappa shape index (κ1) is 14.9. The smallest absolute Gasteiger partial charge is 0.241 e. The first-order chi connectivity index (χ1) is 8.27. The molecule has 18 heavy (non-hydrogen) atoms. The van der Waals surface area contributed by atoms with Gasteiger partial charge in [-0.2, -0.15) is 0 Å². The molecular formula is C10H12BrFN2O3S. The number of benzene rings is 1. The van der Waals surface area contributed by atoms with E-state index in [2.05, 4.69) is 27.2 Å². The number of halogens is 2. The van der Waals surface area contributed by atoms with Gasteiger partial charge in [-0.1, -0.05) is 22.5 Å². The lowest BCUT2D eigenvalue weighted by Crippen LogP contribution is -2.25. The van der Waals surface area contributed by atoms with Crippen LogP contribution in [-0.4, -0.2) is 22.1 Å². The van der Waals surface area contributed by atoms with E-state index in [0.717, 1.165) is 12.1 Å². The van der Waals surface area contributed by atoms with Crippen LogP contribution in [0.5, 0.6) is 5.75 Å². The van der Waals surface area contributed by atoms with E-state index in [0.29, 0.717) is 4.48 Å². The van der Waals surface area contributed by atoms with Crippen LogP contribution in [0.2, 0.25) is 0 Å². The highest BCUT2D eigenvalue weighted by molar-refractivity contribution is 9.11. The Labute approximate surface area is 113 Å². The van der Waals surface area contributed by atoms with E-state index < -0.39 is 15.8 Å². The fraction of sp³-hybridized carbons (Fsp3) is 0.200. The Morgan fingerprint density at radius 3 is 2.67 bits per heavy atom. The number of ether oxygens (including phenoxy) is 1. The fourth-order valence-corrected chi connectivity index (χ4v) is 2.61. The quantitative estimate of drug-likeness (QED) is 0.799. The molecule has 0 radical (unpaired) electrons. The van der Waals surface area contributed by atoms with Gasteiger partial charge in [0.1, 0.15) is 0 Å². The summed E-state index contributed by atoms with van der Waals surface area (Å²) in [5.41, 5.74) is 5.41. The van der Waals surface area contributed by atoms with Crippen LogP contribution < -0.4 is 15.2 Å². The van der Waals surface area contributed by atoms with Gasteiger partial charge in [0.25, 0.3) is 0 Å². The van der Waals surface area contributed by atoms with Crippen molar-refractivity contribution >= 4 is 31.6 Å². The average molecular weight is 339 g/mol. The van der Waals surface area contributed by atoms with Gasteiger partial charge >= 0.3 is 0 Å². The number of nitrogens with one attached hydrogen (secondary N) is 1. The summed E-state index contributed by atoms with van der Waals surface area (Å²) in [7, 11) is -2.60. The molecule has 0 aliphatic heterocycles. The first-order valence-corrected chi connectivity index (χ1v) is 7.01. The molecule has 0 aliphatic rings. The van der Waals surface area contributed by atoms with Crippen LogP contribution in [0.25, 0.3) is 0 Å². The maximum Gasteiger partial charge on any atom is 0.241 e. The van der Waals surface area contributed by atoms with Crippen LogP contribution in [-0.2, 0) is 10.0 Å². The van der Waals surface area contributed by atoms with E-state index in [1.807, 2.05) is 0 Å². The molecule has 0 spiro atoms. The molecule has 0 unspecified atom stereocenters. The van der Waals surface area contributed by atoms with Crippen LogP contribution >= 0.6 is 15.9 Å². The van der Waals surface area contributed by atoms with Gasteiger partial charge in [-0.15, -0.1) is 0 Å². The summed E-state index contributed by atoms with van der Waals surface area (Å²) < 4.78 is 44.5. The Morgan fingerprint density at radius 2 is 2.22 bits per heavy atom. The van der Waals surface area contributed by atoms with Crippen LogP contribution in [0.15, 0.2) is 28.1 Å². The predicted octanol–water partition coefficient (Wildman–Crippen LogP) is 1.60. The Morgan fingerprint density at radius 1 is 1.61 bits per heavy atom. The molecule has 3 N–H and O–H groups in total. The predicted molar refractivity (Wildman–Crippen MR) is 70.6 cm³/mol. The molecule has 5 nitrogen and oxygen atoms in total. The van der Waals surface area contributed by atoms with E-state index in [9.17, 15) is 12.8 Å². The van der Waals surface area contributed by atoms with Gasteiger partial charge in [0.05, 0.1) is 17.7 Å². The fourth-order valence-electron chi connectivity index (χ4n) is 1.22. The Bertz CT molecular complexity index is 551. The average Bonchev–Trinajstić information content (AvgIpc) is 2.26. The number of hydrogen-bond acceptors (Lipinski definition) is 4. The van der Waals surface area contributed by atoms with Crippen LogP contribution in [0.4, 0.5) is 10.1 Å². The lowest BCUT2D eigenvalue weighted by Gasteiger charge is -2.10. The number of nitrogen functional groups attached to an aromatic ring is 1. The summed E-state index contributed by atoms with van der Waals surface area (Å²) >= 11 is 3.01. The SMILES string of the molecule is C=C(Br)CNS(=O)(=O)c1cc(N)c(OC)c(F)c1. The third kappa shape index (κ3) is 3.44. The van der Waals surface area contributed by atoms with E-state index in [1.165, 1.54) is 7.11 Å². The zero-order valence-electron chi connectivity index (χ0n) is 9.54. The van der Waals surface area contributed by atoms with Gasteiger partial charge in [-0.05, 0) is 12.1 Å². The molecule has 0 aliphatic carbocycles. The maximum atomic E-state index is 13.5. The van der Waals surface area contributed by atoms with Crippen molar-refractivity contribution in [3.63, 3.8) is 0 Å². The second kappa shape index (κ2) is 5.68. The minimum Gasteiger partial charge on any atom is -0.492 e. The number of anilines is 1. The number of sulfonamides is 1. The minimum absolute atomic E-state index is 0.00408. The van der Waals surface area contributed by atoms with Gasteiger partial charge in [-0.3, -0.25) is 0 Å². The standard InChI is InChI=1S/C10H12BrFN2O3S/c1-6(11)5-14-18(15,16)7-3-8(12)10(17-2)9(13)4-7/h3-4,14H,1,5,13H2,2H3. The van der Waals surface area contributed by atoms with Crippen LogP contribution in [0, 0.1) is 5.82 Å². The molecule has 1 aromatic carbocycles. The third-order valence-electron chi connectivity index (χ3n) is 2.01. The number of hydrogen-bond donors (Lipinski definition) is 2. The lowest BCUT2D eigenvalue weighted by molar-refractivity contribution is 0.388. The third-order valence-corrected chi connectivity index (χ3v) is 3.68. The Balaban J connectivity index is 3.14. The van der Waals surface area contributed by atoms with Crippen molar-refractivity contribution in [2.75, 3.05) is 19.4 Å². The summed E-state index contributed by atoms with van der Waals surface area (Å²) in [6.45, 7) is 3.48. The van der Waals surface area contributed by atoms with Gasteiger partial charge in [0.2, 0.25) is 10.0 Å². The van der Waals surface area contributed by atoms with Crippen LogP contribution in [0.3, 0.4) is 0 Å². The Hall–Kier alpha value is -1.12. The zero-order chi connectivity index (χ0) is 13.9. The summed E-state index contributed by atoms with van der Waals surface area (Å²) in [6, 6.07) is 1.97. The number of methoxy groups -OCH3 is 1. The maximum absolute atomic E-state index is 13.5.